The normalized spacial score (nSPS) is 11.0. The number of hydrogen-bond donors (Lipinski definition) is 2. The van der Waals surface area contributed by atoms with E-state index in [-0.39, 0.29) is 0 Å². The van der Waals surface area contributed by atoms with E-state index in [1.165, 1.54) is 0 Å². The van der Waals surface area contributed by atoms with Crippen LogP contribution in [-0.2, 0) is 0 Å². The van der Waals surface area contributed by atoms with Crippen LogP contribution in [0.3, 0.4) is 0 Å². The van der Waals surface area contributed by atoms with E-state index in [0.717, 1.165) is 44.8 Å². The van der Waals surface area contributed by atoms with E-state index in [9.17, 15) is 0 Å². The molecule has 0 atom stereocenters. The van der Waals surface area contributed by atoms with Gasteiger partial charge in [-0.15, -0.1) is 25.7 Å². The fraction of sp³-hybridized carbons (Fsp3) is 0. The first-order valence-corrected chi connectivity index (χ1v) is 8.51. The van der Waals surface area contributed by atoms with Crippen molar-refractivity contribution in [2.75, 3.05) is 0 Å². The third-order valence-corrected chi connectivity index (χ3v) is 4.04. The molecule has 5 heterocycles. The average Bonchev–Trinajstić information content (AvgIpc) is 3.51. The van der Waals surface area contributed by atoms with Crippen molar-refractivity contribution in [2.24, 2.45) is 0 Å². The summed E-state index contributed by atoms with van der Waals surface area (Å²) in [5.74, 6) is 0. The molecule has 0 spiro atoms. The van der Waals surface area contributed by atoms with E-state index in [4.69, 9.17) is 0 Å². The zero-order chi connectivity index (χ0) is 19.9. The molecule has 28 heavy (non-hydrogen) atoms. The molecule has 4 heteroatoms. The molecule has 3 aromatic heterocycles. The summed E-state index contributed by atoms with van der Waals surface area (Å²) in [6.45, 7) is 0. The fourth-order valence-electron chi connectivity index (χ4n) is 2.94. The second-order valence-corrected chi connectivity index (χ2v) is 5.91. The second kappa shape index (κ2) is 8.40. The minimum Gasteiger partial charge on any atom is -0.355 e. The summed E-state index contributed by atoms with van der Waals surface area (Å²) < 4.78 is 0. The highest BCUT2D eigenvalue weighted by atomic mass is 14.8. The molecule has 0 aromatic carbocycles. The summed E-state index contributed by atoms with van der Waals surface area (Å²) in [5, 5.41) is 0. The number of H-pyrrole nitrogens is 2. The molecule has 4 nitrogen and oxygen atoms in total. The molecule has 0 saturated carbocycles. The van der Waals surface area contributed by atoms with Crippen LogP contribution in [0, 0.1) is 25.7 Å². The van der Waals surface area contributed by atoms with E-state index in [1.54, 1.807) is 0 Å². The highest BCUT2D eigenvalue weighted by Gasteiger charge is 2.00. The van der Waals surface area contributed by atoms with Crippen LogP contribution in [0.2, 0.25) is 0 Å². The van der Waals surface area contributed by atoms with Crippen LogP contribution >= 0.6 is 0 Å². The Balaban J connectivity index is 0.000000531. The summed E-state index contributed by atoms with van der Waals surface area (Å²) in [5.41, 5.74) is 7.86. The van der Waals surface area contributed by atoms with Crippen molar-refractivity contribution in [2.45, 2.75) is 0 Å². The summed E-state index contributed by atoms with van der Waals surface area (Å²) in [6, 6.07) is 16.4. The summed E-state index contributed by atoms with van der Waals surface area (Å²) >= 11 is 0. The van der Waals surface area contributed by atoms with Crippen LogP contribution in [0.25, 0.3) is 46.4 Å². The maximum atomic E-state index is 4.63. The van der Waals surface area contributed by atoms with Crippen molar-refractivity contribution in [1.82, 2.24) is 19.9 Å². The minimum absolute atomic E-state index is 0.939. The van der Waals surface area contributed by atoms with Gasteiger partial charge in [0.05, 0.1) is 22.8 Å². The molecule has 0 fully saturated rings. The Morgan fingerprint density at radius 1 is 0.464 bits per heavy atom. The van der Waals surface area contributed by atoms with Crippen LogP contribution in [0.1, 0.15) is 22.8 Å². The zero-order valence-corrected chi connectivity index (χ0v) is 15.1. The van der Waals surface area contributed by atoms with E-state index in [2.05, 4.69) is 69.9 Å². The van der Waals surface area contributed by atoms with Crippen LogP contribution in [0.4, 0.5) is 0 Å². The average molecular weight is 362 g/mol. The van der Waals surface area contributed by atoms with Gasteiger partial charge >= 0.3 is 0 Å². The van der Waals surface area contributed by atoms with Crippen LogP contribution in [0.5, 0.6) is 0 Å². The summed E-state index contributed by atoms with van der Waals surface area (Å²) in [4.78, 5) is 16.0. The number of hydrogen-bond acceptors (Lipinski definition) is 2. The molecule has 0 unspecified atom stereocenters. The number of terminal acetylenes is 2. The number of fused-ring (bicyclic) bond motifs is 8. The monoisotopic (exact) mass is 362 g/mol. The van der Waals surface area contributed by atoms with Gasteiger partial charge in [-0.3, -0.25) is 0 Å². The lowest BCUT2D eigenvalue weighted by Gasteiger charge is -1.85. The number of rotatable bonds is 0. The molecule has 134 valence electrons. The van der Waals surface area contributed by atoms with Gasteiger partial charge in [0, 0.05) is 22.1 Å². The highest BCUT2D eigenvalue weighted by Crippen LogP contribution is 2.16. The minimum atomic E-state index is 0.939. The predicted molar refractivity (Wildman–Crippen MR) is 119 cm³/mol. The Bertz CT molecular complexity index is 1070. The van der Waals surface area contributed by atoms with Gasteiger partial charge in [-0.1, -0.05) is 0 Å². The van der Waals surface area contributed by atoms with Gasteiger partial charge in [0.1, 0.15) is 0 Å². The molecule has 0 saturated heterocycles. The first kappa shape index (κ1) is 18.5. The molecule has 5 rings (SSSR count). The first-order valence-electron chi connectivity index (χ1n) is 8.51. The van der Waals surface area contributed by atoms with E-state index in [1.807, 2.05) is 48.6 Å². The number of nitrogens with one attached hydrogen (secondary N) is 2. The van der Waals surface area contributed by atoms with Crippen molar-refractivity contribution in [3.63, 3.8) is 0 Å². The van der Waals surface area contributed by atoms with Crippen molar-refractivity contribution in [3.05, 3.63) is 71.3 Å². The second-order valence-electron chi connectivity index (χ2n) is 5.91. The van der Waals surface area contributed by atoms with Crippen molar-refractivity contribution in [1.29, 1.82) is 0 Å². The Morgan fingerprint density at radius 3 is 0.964 bits per heavy atom. The predicted octanol–water partition coefficient (Wildman–Crippen LogP) is 5.15. The van der Waals surface area contributed by atoms with Crippen molar-refractivity contribution in [3.8, 4) is 25.7 Å². The van der Waals surface area contributed by atoms with E-state index >= 15 is 0 Å². The van der Waals surface area contributed by atoms with Crippen LogP contribution < -0.4 is 0 Å². The number of nitrogens with zero attached hydrogens (tertiary/aromatic N) is 2. The molecular weight excluding hydrogens is 344 g/mol. The van der Waals surface area contributed by atoms with Gasteiger partial charge in [-0.25, -0.2) is 9.97 Å². The van der Waals surface area contributed by atoms with Gasteiger partial charge in [-0.2, -0.15) is 0 Å². The maximum Gasteiger partial charge on any atom is 0.0658 e. The summed E-state index contributed by atoms with van der Waals surface area (Å²) in [7, 11) is 0. The molecule has 8 bridgehead atoms. The molecule has 0 radical (unpaired) electrons. The number of aromatic nitrogens is 4. The Hall–Kier alpha value is -4.28. The van der Waals surface area contributed by atoms with Gasteiger partial charge in [0.2, 0.25) is 0 Å². The quantitative estimate of drug-likeness (QED) is 0.374. The third kappa shape index (κ3) is 4.09. The highest BCUT2D eigenvalue weighted by molar-refractivity contribution is 5.77. The Kier molecular flexibility index (Phi) is 5.55. The van der Waals surface area contributed by atoms with Gasteiger partial charge in [-0.05, 0) is 72.8 Å². The molecule has 3 aromatic rings. The molecular formula is C24H18N4. The molecule has 2 N–H and O–H groups in total. The lowest BCUT2D eigenvalue weighted by atomic mass is 10.3. The smallest absolute Gasteiger partial charge is 0.0658 e. The number of aromatic amines is 2. The van der Waals surface area contributed by atoms with E-state index < -0.39 is 0 Å². The summed E-state index contributed by atoms with van der Waals surface area (Å²) in [6.07, 6.45) is 24.1. The van der Waals surface area contributed by atoms with Gasteiger partial charge < -0.3 is 9.97 Å². The van der Waals surface area contributed by atoms with E-state index in [0.29, 0.717) is 0 Å². The molecule has 2 aliphatic heterocycles. The molecule has 2 aliphatic rings. The Morgan fingerprint density at radius 2 is 0.714 bits per heavy atom. The van der Waals surface area contributed by atoms with Crippen LogP contribution in [-0.4, -0.2) is 19.9 Å². The fourth-order valence-corrected chi connectivity index (χ4v) is 2.94. The lowest BCUT2D eigenvalue weighted by Crippen LogP contribution is -1.75. The van der Waals surface area contributed by atoms with Gasteiger partial charge in [0.15, 0.2) is 0 Å². The van der Waals surface area contributed by atoms with Crippen molar-refractivity contribution < 1.29 is 0 Å². The maximum absolute atomic E-state index is 4.63. The Labute approximate surface area is 163 Å². The zero-order valence-electron chi connectivity index (χ0n) is 15.1. The molecule has 0 aliphatic carbocycles. The largest absolute Gasteiger partial charge is 0.355 e. The van der Waals surface area contributed by atoms with Crippen molar-refractivity contribution >= 4 is 46.4 Å². The lowest BCUT2D eigenvalue weighted by molar-refractivity contribution is 1.31. The van der Waals surface area contributed by atoms with Crippen LogP contribution in [0.15, 0.2) is 48.5 Å². The molecule has 0 amide bonds. The standard InChI is InChI=1S/C20H14N4.2C2H2/c1-2-14-10-16-5-6-18(23-16)12-20-8-7-19(24-20)11-17-4-3-15(22-17)9-13(1)21-14;2*1-2/h1-12,21,24H;2*1-2H. The first-order chi connectivity index (χ1) is 13.8. The topological polar surface area (TPSA) is 57.4 Å². The SMILES string of the molecule is C#C.C#C.C1=Cc2cc3ccc(cc4nc(cc5ccc(cc1n2)[nH]5)C=C4)[nH]3. The van der Waals surface area contributed by atoms with Gasteiger partial charge in [0.25, 0.3) is 0 Å². The third-order valence-electron chi connectivity index (χ3n) is 4.04.